The molecular formula is C12H11NO2S. The van der Waals surface area contributed by atoms with Gasteiger partial charge in [0.2, 0.25) is 0 Å². The molecule has 0 saturated carbocycles. The van der Waals surface area contributed by atoms with Gasteiger partial charge in [0.05, 0.1) is 23.4 Å². The molecule has 2 aromatic rings. The van der Waals surface area contributed by atoms with Crippen molar-refractivity contribution in [2.75, 3.05) is 7.11 Å². The van der Waals surface area contributed by atoms with Gasteiger partial charge in [-0.1, -0.05) is 12.1 Å². The van der Waals surface area contributed by atoms with Crippen LogP contribution in [0.2, 0.25) is 0 Å². The lowest BCUT2D eigenvalue weighted by molar-refractivity contribution is 0.0601. The van der Waals surface area contributed by atoms with E-state index in [4.69, 9.17) is 0 Å². The second kappa shape index (κ2) is 4.45. The largest absolute Gasteiger partial charge is 0.465 e. The van der Waals surface area contributed by atoms with Gasteiger partial charge in [0.25, 0.3) is 0 Å². The van der Waals surface area contributed by atoms with Gasteiger partial charge in [0, 0.05) is 10.9 Å². The van der Waals surface area contributed by atoms with Gasteiger partial charge in [-0.25, -0.2) is 9.78 Å². The molecular weight excluding hydrogens is 222 g/mol. The Balaban J connectivity index is 2.39. The van der Waals surface area contributed by atoms with Crippen LogP contribution in [0.25, 0.3) is 11.3 Å². The van der Waals surface area contributed by atoms with E-state index < -0.39 is 0 Å². The first-order valence-electron chi connectivity index (χ1n) is 4.81. The molecule has 0 aliphatic carbocycles. The number of nitrogens with zero attached hydrogens (tertiary/aromatic N) is 1. The Morgan fingerprint density at radius 3 is 2.88 bits per heavy atom. The number of benzene rings is 1. The number of esters is 1. The zero-order valence-electron chi connectivity index (χ0n) is 9.06. The van der Waals surface area contributed by atoms with Crippen molar-refractivity contribution in [1.29, 1.82) is 0 Å². The second-order valence-electron chi connectivity index (χ2n) is 3.32. The van der Waals surface area contributed by atoms with Crippen molar-refractivity contribution in [3.05, 3.63) is 40.2 Å². The Labute approximate surface area is 97.7 Å². The second-order valence-corrected chi connectivity index (χ2v) is 4.39. The molecule has 1 aromatic carbocycles. The number of methoxy groups -OCH3 is 1. The van der Waals surface area contributed by atoms with Crippen LogP contribution in [0.4, 0.5) is 0 Å². The highest BCUT2D eigenvalue weighted by Crippen LogP contribution is 2.22. The van der Waals surface area contributed by atoms with E-state index in [0.29, 0.717) is 5.56 Å². The van der Waals surface area contributed by atoms with Crippen LogP contribution in [0.15, 0.2) is 29.6 Å². The highest BCUT2D eigenvalue weighted by molar-refractivity contribution is 7.09. The first-order valence-corrected chi connectivity index (χ1v) is 5.69. The Morgan fingerprint density at radius 2 is 2.25 bits per heavy atom. The Hall–Kier alpha value is -1.68. The number of hydrogen-bond acceptors (Lipinski definition) is 4. The lowest BCUT2D eigenvalue weighted by atomic mass is 10.1. The van der Waals surface area contributed by atoms with E-state index >= 15 is 0 Å². The SMILES string of the molecule is COC(=O)c1cccc(-c2csc(C)n2)c1. The molecule has 0 N–H and O–H groups in total. The van der Waals surface area contributed by atoms with E-state index in [0.717, 1.165) is 16.3 Å². The summed E-state index contributed by atoms with van der Waals surface area (Å²) in [5.74, 6) is -0.325. The number of ether oxygens (including phenoxy) is 1. The van der Waals surface area contributed by atoms with E-state index in [1.807, 2.05) is 24.4 Å². The summed E-state index contributed by atoms with van der Waals surface area (Å²) >= 11 is 1.59. The molecule has 0 aliphatic heterocycles. The minimum absolute atomic E-state index is 0.325. The van der Waals surface area contributed by atoms with Crippen molar-refractivity contribution < 1.29 is 9.53 Å². The fourth-order valence-electron chi connectivity index (χ4n) is 1.42. The molecule has 0 spiro atoms. The molecule has 0 atom stereocenters. The highest BCUT2D eigenvalue weighted by atomic mass is 32.1. The van der Waals surface area contributed by atoms with Crippen molar-refractivity contribution in [2.45, 2.75) is 6.92 Å². The van der Waals surface area contributed by atoms with Crippen LogP contribution in [0.3, 0.4) is 0 Å². The van der Waals surface area contributed by atoms with E-state index in [-0.39, 0.29) is 5.97 Å². The molecule has 0 aliphatic rings. The van der Waals surface area contributed by atoms with Crippen LogP contribution in [-0.4, -0.2) is 18.1 Å². The van der Waals surface area contributed by atoms with E-state index in [1.165, 1.54) is 7.11 Å². The quantitative estimate of drug-likeness (QED) is 0.749. The Bertz CT molecular complexity index is 519. The number of aromatic nitrogens is 1. The summed E-state index contributed by atoms with van der Waals surface area (Å²) in [5.41, 5.74) is 2.38. The first kappa shape index (κ1) is 10.8. The van der Waals surface area contributed by atoms with E-state index in [9.17, 15) is 4.79 Å². The molecule has 2 rings (SSSR count). The van der Waals surface area contributed by atoms with Gasteiger partial charge in [-0.3, -0.25) is 0 Å². The first-order chi connectivity index (χ1) is 7.70. The summed E-state index contributed by atoms with van der Waals surface area (Å²) in [6.07, 6.45) is 0. The maximum Gasteiger partial charge on any atom is 0.337 e. The topological polar surface area (TPSA) is 39.2 Å². The van der Waals surface area contributed by atoms with Crippen molar-refractivity contribution in [3.8, 4) is 11.3 Å². The average Bonchev–Trinajstić information content (AvgIpc) is 2.75. The van der Waals surface area contributed by atoms with Gasteiger partial charge in [0.1, 0.15) is 0 Å². The maximum atomic E-state index is 11.4. The molecule has 4 heteroatoms. The predicted octanol–water partition coefficient (Wildman–Crippen LogP) is 2.91. The summed E-state index contributed by atoms with van der Waals surface area (Å²) in [4.78, 5) is 15.7. The number of carbonyl (C=O) groups is 1. The lowest BCUT2D eigenvalue weighted by Crippen LogP contribution is -2.00. The molecule has 1 aromatic heterocycles. The minimum atomic E-state index is -0.325. The van der Waals surface area contributed by atoms with Crippen LogP contribution >= 0.6 is 11.3 Å². The Kier molecular flexibility index (Phi) is 3.01. The standard InChI is InChI=1S/C12H11NO2S/c1-8-13-11(7-16-8)9-4-3-5-10(6-9)12(14)15-2/h3-7H,1-2H3. The lowest BCUT2D eigenvalue weighted by Gasteiger charge is -2.01. The van der Waals surface area contributed by atoms with E-state index in [2.05, 4.69) is 9.72 Å². The van der Waals surface area contributed by atoms with Crippen LogP contribution in [0, 0.1) is 6.92 Å². The summed E-state index contributed by atoms with van der Waals surface area (Å²) in [6, 6.07) is 7.28. The average molecular weight is 233 g/mol. The van der Waals surface area contributed by atoms with Gasteiger partial charge >= 0.3 is 5.97 Å². The minimum Gasteiger partial charge on any atom is -0.465 e. The Morgan fingerprint density at radius 1 is 1.44 bits per heavy atom. The van der Waals surface area contributed by atoms with E-state index in [1.54, 1.807) is 23.5 Å². The molecule has 0 fully saturated rings. The van der Waals surface area contributed by atoms with Crippen LogP contribution < -0.4 is 0 Å². The molecule has 0 unspecified atom stereocenters. The molecule has 82 valence electrons. The normalized spacial score (nSPS) is 10.1. The third-order valence-electron chi connectivity index (χ3n) is 2.20. The number of aryl methyl sites for hydroxylation is 1. The predicted molar refractivity (Wildman–Crippen MR) is 63.6 cm³/mol. The van der Waals surface area contributed by atoms with Crippen molar-refractivity contribution in [3.63, 3.8) is 0 Å². The van der Waals surface area contributed by atoms with Crippen LogP contribution in [0.1, 0.15) is 15.4 Å². The molecule has 16 heavy (non-hydrogen) atoms. The van der Waals surface area contributed by atoms with Gasteiger partial charge < -0.3 is 4.74 Å². The number of rotatable bonds is 2. The fourth-order valence-corrected chi connectivity index (χ4v) is 2.04. The number of thiazole rings is 1. The summed E-state index contributed by atoms with van der Waals surface area (Å²) in [7, 11) is 1.38. The zero-order valence-corrected chi connectivity index (χ0v) is 9.88. The molecule has 1 heterocycles. The third-order valence-corrected chi connectivity index (χ3v) is 2.97. The fraction of sp³-hybridized carbons (Fsp3) is 0.167. The van der Waals surface area contributed by atoms with Gasteiger partial charge in [-0.15, -0.1) is 11.3 Å². The highest BCUT2D eigenvalue weighted by Gasteiger charge is 2.08. The number of carbonyl (C=O) groups excluding carboxylic acids is 1. The molecule has 0 amide bonds. The third kappa shape index (κ3) is 2.12. The zero-order chi connectivity index (χ0) is 11.5. The maximum absolute atomic E-state index is 11.4. The van der Waals surface area contributed by atoms with Crippen molar-refractivity contribution in [2.24, 2.45) is 0 Å². The summed E-state index contributed by atoms with van der Waals surface area (Å²) in [6.45, 7) is 1.96. The smallest absolute Gasteiger partial charge is 0.337 e. The molecule has 0 bridgehead atoms. The summed E-state index contributed by atoms with van der Waals surface area (Å²) in [5, 5.41) is 2.99. The van der Waals surface area contributed by atoms with Crippen LogP contribution in [-0.2, 0) is 4.74 Å². The molecule has 0 radical (unpaired) electrons. The molecule has 0 saturated heterocycles. The molecule has 3 nitrogen and oxygen atoms in total. The number of hydrogen-bond donors (Lipinski definition) is 0. The monoisotopic (exact) mass is 233 g/mol. The summed E-state index contributed by atoms with van der Waals surface area (Å²) < 4.78 is 4.68. The van der Waals surface area contributed by atoms with Gasteiger partial charge in [-0.2, -0.15) is 0 Å². The van der Waals surface area contributed by atoms with Crippen LogP contribution in [0.5, 0.6) is 0 Å². The van der Waals surface area contributed by atoms with Crippen molar-refractivity contribution >= 4 is 17.3 Å². The van der Waals surface area contributed by atoms with Crippen molar-refractivity contribution in [1.82, 2.24) is 4.98 Å². The van der Waals surface area contributed by atoms with Gasteiger partial charge in [-0.05, 0) is 19.1 Å². The van der Waals surface area contributed by atoms with Gasteiger partial charge in [0.15, 0.2) is 0 Å².